The van der Waals surface area contributed by atoms with Crippen LogP contribution in [0.2, 0.25) is 0 Å². The number of carbonyl (C=O) groups is 3. The highest BCUT2D eigenvalue weighted by Gasteiger charge is 2.39. The van der Waals surface area contributed by atoms with Crippen molar-refractivity contribution < 1.29 is 14.4 Å². The number of hydrogen-bond donors (Lipinski definition) is 1. The number of carbonyl (C=O) groups excluding carboxylic acids is 3. The largest absolute Gasteiger partial charge is 0.330 e. The van der Waals surface area contributed by atoms with Crippen molar-refractivity contribution in [2.45, 2.75) is 33.1 Å². The number of nitrogens with one attached hydrogen (secondary N) is 1. The van der Waals surface area contributed by atoms with Crippen LogP contribution in [0.15, 0.2) is 24.3 Å². The number of nitrogens with zero attached hydrogens (tertiary/aromatic N) is 1. The summed E-state index contributed by atoms with van der Waals surface area (Å²) in [5.74, 6) is -1.58. The summed E-state index contributed by atoms with van der Waals surface area (Å²) < 4.78 is 0. The first-order chi connectivity index (χ1) is 10.0. The second-order valence-electron chi connectivity index (χ2n) is 5.30. The first-order valence-corrected chi connectivity index (χ1v) is 7.25. The highest BCUT2D eigenvalue weighted by atomic mass is 16.2. The molecule has 1 heterocycles. The minimum Gasteiger partial charge on any atom is -0.277 e. The van der Waals surface area contributed by atoms with Gasteiger partial charge in [0.05, 0.1) is 0 Å². The highest BCUT2D eigenvalue weighted by Crippen LogP contribution is 2.17. The van der Waals surface area contributed by atoms with Crippen molar-refractivity contribution in [3.63, 3.8) is 0 Å². The Hall–Kier alpha value is -2.17. The van der Waals surface area contributed by atoms with Crippen LogP contribution in [0.3, 0.4) is 0 Å². The monoisotopic (exact) mass is 288 g/mol. The highest BCUT2D eigenvalue weighted by molar-refractivity contribution is 6.16. The Bertz CT molecular complexity index is 568. The van der Waals surface area contributed by atoms with Crippen LogP contribution in [-0.2, 0) is 16.0 Å². The number of benzene rings is 1. The molecule has 5 nitrogen and oxygen atoms in total. The average Bonchev–Trinajstić information content (AvgIpc) is 2.45. The second kappa shape index (κ2) is 6.52. The van der Waals surface area contributed by atoms with Crippen LogP contribution in [-0.4, -0.2) is 29.3 Å². The first kappa shape index (κ1) is 15.2. The standard InChI is InChI=1S/C16H20N2O3/c1-3-6-13-14(19)17-16(21)18(15(13)20)10-9-12-8-5-4-7-11(12)2/h4-5,7-8,13H,3,6,9-10H2,1-2H3,(H,17,19,21). The maximum Gasteiger partial charge on any atom is 0.330 e. The molecule has 21 heavy (non-hydrogen) atoms. The Morgan fingerprint density at radius 2 is 1.90 bits per heavy atom. The molecule has 0 spiro atoms. The van der Waals surface area contributed by atoms with E-state index in [1.807, 2.05) is 38.1 Å². The average molecular weight is 288 g/mol. The molecule has 0 aromatic heterocycles. The number of hydrogen-bond acceptors (Lipinski definition) is 3. The van der Waals surface area contributed by atoms with Gasteiger partial charge < -0.3 is 0 Å². The summed E-state index contributed by atoms with van der Waals surface area (Å²) in [6.45, 7) is 4.20. The van der Waals surface area contributed by atoms with Crippen LogP contribution in [0.4, 0.5) is 4.79 Å². The van der Waals surface area contributed by atoms with Gasteiger partial charge in [0, 0.05) is 6.54 Å². The van der Waals surface area contributed by atoms with Gasteiger partial charge in [-0.25, -0.2) is 4.79 Å². The van der Waals surface area contributed by atoms with Crippen LogP contribution in [0, 0.1) is 12.8 Å². The molecule has 2 rings (SSSR count). The predicted molar refractivity (Wildman–Crippen MR) is 78.5 cm³/mol. The van der Waals surface area contributed by atoms with Gasteiger partial charge in [-0.2, -0.15) is 0 Å². The minimum absolute atomic E-state index is 0.295. The molecule has 4 amide bonds. The van der Waals surface area contributed by atoms with Crippen LogP contribution in [0.5, 0.6) is 0 Å². The lowest BCUT2D eigenvalue weighted by molar-refractivity contribution is -0.142. The lowest BCUT2D eigenvalue weighted by atomic mass is 9.98. The fraction of sp³-hybridized carbons (Fsp3) is 0.438. The predicted octanol–water partition coefficient (Wildman–Crippen LogP) is 2.03. The maximum absolute atomic E-state index is 12.3. The molecule has 1 aliphatic rings. The normalized spacial score (nSPS) is 18.9. The summed E-state index contributed by atoms with van der Waals surface area (Å²) in [5, 5.41) is 2.27. The van der Waals surface area contributed by atoms with Crippen LogP contribution in [0.25, 0.3) is 0 Å². The number of imide groups is 2. The van der Waals surface area contributed by atoms with Gasteiger partial charge in [-0.1, -0.05) is 37.6 Å². The molecule has 112 valence electrons. The van der Waals surface area contributed by atoms with Gasteiger partial charge in [-0.3, -0.25) is 19.8 Å². The molecule has 1 N–H and O–H groups in total. The van der Waals surface area contributed by atoms with Crippen molar-refractivity contribution in [2.75, 3.05) is 6.54 Å². The van der Waals surface area contributed by atoms with Gasteiger partial charge in [0.25, 0.3) is 0 Å². The van der Waals surface area contributed by atoms with E-state index in [9.17, 15) is 14.4 Å². The smallest absolute Gasteiger partial charge is 0.277 e. The molecule has 1 atom stereocenters. The Morgan fingerprint density at radius 3 is 2.57 bits per heavy atom. The van der Waals surface area contributed by atoms with E-state index in [4.69, 9.17) is 0 Å². The molecule has 1 aromatic rings. The van der Waals surface area contributed by atoms with Crippen molar-refractivity contribution in [1.29, 1.82) is 0 Å². The summed E-state index contributed by atoms with van der Waals surface area (Å²) >= 11 is 0. The fourth-order valence-corrected chi connectivity index (χ4v) is 2.54. The number of urea groups is 1. The van der Waals surface area contributed by atoms with Crippen LogP contribution >= 0.6 is 0 Å². The third-order valence-electron chi connectivity index (χ3n) is 3.80. The lowest BCUT2D eigenvalue weighted by Crippen LogP contribution is -2.58. The van der Waals surface area contributed by atoms with E-state index >= 15 is 0 Å². The van der Waals surface area contributed by atoms with Gasteiger partial charge in [0.1, 0.15) is 5.92 Å². The number of rotatable bonds is 5. The van der Waals surface area contributed by atoms with Crippen molar-refractivity contribution in [3.05, 3.63) is 35.4 Å². The third kappa shape index (κ3) is 3.29. The molecule has 0 saturated carbocycles. The van der Waals surface area contributed by atoms with E-state index in [0.717, 1.165) is 22.4 Å². The summed E-state index contributed by atoms with van der Waals surface area (Å²) in [7, 11) is 0. The van der Waals surface area contributed by atoms with Crippen LogP contribution < -0.4 is 5.32 Å². The molecular weight excluding hydrogens is 268 g/mol. The second-order valence-corrected chi connectivity index (χ2v) is 5.30. The van der Waals surface area contributed by atoms with Crippen LogP contribution in [0.1, 0.15) is 30.9 Å². The van der Waals surface area contributed by atoms with Crippen molar-refractivity contribution in [2.24, 2.45) is 5.92 Å². The van der Waals surface area contributed by atoms with Gasteiger partial charge in [0.2, 0.25) is 11.8 Å². The number of aryl methyl sites for hydroxylation is 1. The van der Waals surface area contributed by atoms with Gasteiger partial charge >= 0.3 is 6.03 Å². The third-order valence-corrected chi connectivity index (χ3v) is 3.80. The molecule has 1 saturated heterocycles. The quantitative estimate of drug-likeness (QED) is 0.843. The maximum atomic E-state index is 12.3. The van der Waals surface area contributed by atoms with E-state index in [1.54, 1.807) is 0 Å². The molecular formula is C16H20N2O3. The van der Waals surface area contributed by atoms with E-state index in [2.05, 4.69) is 5.32 Å². The molecule has 0 radical (unpaired) electrons. The summed E-state index contributed by atoms with van der Waals surface area (Å²) in [4.78, 5) is 37.0. The number of barbiturate groups is 1. The molecule has 5 heteroatoms. The van der Waals surface area contributed by atoms with E-state index in [1.165, 1.54) is 0 Å². The molecule has 0 bridgehead atoms. The van der Waals surface area contributed by atoms with Crippen molar-refractivity contribution >= 4 is 17.8 Å². The zero-order valence-corrected chi connectivity index (χ0v) is 12.4. The zero-order chi connectivity index (χ0) is 15.4. The van der Waals surface area contributed by atoms with Crippen molar-refractivity contribution in [1.82, 2.24) is 10.2 Å². The Balaban J connectivity index is 2.08. The molecule has 0 aliphatic carbocycles. The number of amides is 4. The Morgan fingerprint density at radius 1 is 1.19 bits per heavy atom. The lowest BCUT2D eigenvalue weighted by Gasteiger charge is -2.30. The topological polar surface area (TPSA) is 66.5 Å². The Labute approximate surface area is 124 Å². The summed E-state index contributed by atoms with van der Waals surface area (Å²) in [6.07, 6.45) is 1.79. The SMILES string of the molecule is CCCC1C(=O)NC(=O)N(CCc2ccccc2C)C1=O. The minimum atomic E-state index is -0.732. The van der Waals surface area contributed by atoms with E-state index in [0.29, 0.717) is 19.4 Å². The van der Waals surface area contributed by atoms with Crippen molar-refractivity contribution in [3.8, 4) is 0 Å². The molecule has 1 unspecified atom stereocenters. The van der Waals surface area contributed by atoms with E-state index < -0.39 is 17.9 Å². The van der Waals surface area contributed by atoms with Gasteiger partial charge in [-0.15, -0.1) is 0 Å². The molecule has 1 aliphatic heterocycles. The summed E-state index contributed by atoms with van der Waals surface area (Å²) in [6, 6.07) is 7.26. The molecule has 1 aromatic carbocycles. The zero-order valence-electron chi connectivity index (χ0n) is 12.4. The summed E-state index contributed by atoms with van der Waals surface area (Å²) in [5.41, 5.74) is 2.23. The molecule has 1 fully saturated rings. The Kier molecular flexibility index (Phi) is 4.73. The van der Waals surface area contributed by atoms with Gasteiger partial charge in [0.15, 0.2) is 0 Å². The van der Waals surface area contributed by atoms with Gasteiger partial charge in [-0.05, 0) is 30.9 Å². The fourth-order valence-electron chi connectivity index (χ4n) is 2.54. The first-order valence-electron chi connectivity index (χ1n) is 7.25. The van der Waals surface area contributed by atoms with E-state index in [-0.39, 0.29) is 5.91 Å².